The highest BCUT2D eigenvalue weighted by molar-refractivity contribution is 9.10. The Kier molecular flexibility index (Phi) is 6.37. The first-order valence-electron chi connectivity index (χ1n) is 8.53. The number of hydrogen-bond acceptors (Lipinski definition) is 7. The molecule has 0 N–H and O–H groups in total. The molecule has 0 unspecified atom stereocenters. The Labute approximate surface area is 169 Å². The number of Topliss-reactive ketones (excluding diaryl/α,β-unsaturated/α-hetero) is 1. The highest BCUT2D eigenvalue weighted by Gasteiger charge is 2.24. The quantitative estimate of drug-likeness (QED) is 0.289. The number of ether oxygens (including phenoxy) is 2. The van der Waals surface area contributed by atoms with Gasteiger partial charge in [0.1, 0.15) is 0 Å². The molecule has 0 aromatic heterocycles. The molecule has 0 radical (unpaired) electrons. The van der Waals surface area contributed by atoms with Gasteiger partial charge >= 0.3 is 5.97 Å². The fourth-order valence-corrected chi connectivity index (χ4v) is 3.36. The molecule has 1 aliphatic heterocycles. The van der Waals surface area contributed by atoms with Crippen LogP contribution in [0.4, 0.5) is 11.4 Å². The summed E-state index contributed by atoms with van der Waals surface area (Å²) in [5, 5.41) is 11.1. The van der Waals surface area contributed by atoms with Gasteiger partial charge in [-0.2, -0.15) is 0 Å². The van der Waals surface area contributed by atoms with Crippen LogP contribution in [-0.4, -0.2) is 49.6 Å². The molecule has 0 spiro atoms. The van der Waals surface area contributed by atoms with Crippen LogP contribution in [0.25, 0.3) is 0 Å². The number of ketones is 1. The first kappa shape index (κ1) is 20.0. The van der Waals surface area contributed by atoms with E-state index in [-0.39, 0.29) is 17.0 Å². The van der Waals surface area contributed by atoms with Crippen molar-refractivity contribution in [2.24, 2.45) is 0 Å². The Balaban J connectivity index is 1.80. The number of non-ortho nitro benzene ring substituents is 1. The van der Waals surface area contributed by atoms with Crippen molar-refractivity contribution < 1.29 is 24.0 Å². The average molecular weight is 449 g/mol. The minimum Gasteiger partial charge on any atom is -0.454 e. The molecule has 9 heteroatoms. The maximum absolute atomic E-state index is 12.6. The third-order valence-electron chi connectivity index (χ3n) is 4.27. The standard InChI is InChI=1S/C19H17BrN2O6/c20-16-4-2-1-3-14(16)18(23)12-28-19(24)15-11-13(22(25)26)5-6-17(15)21-7-9-27-10-8-21/h1-6,11H,7-10,12H2. The number of nitro benzene ring substituents is 1. The van der Waals surface area contributed by atoms with Gasteiger partial charge < -0.3 is 14.4 Å². The van der Waals surface area contributed by atoms with Crippen molar-refractivity contribution in [2.75, 3.05) is 37.8 Å². The Morgan fingerprint density at radius 2 is 1.86 bits per heavy atom. The van der Waals surface area contributed by atoms with Crippen molar-refractivity contribution in [3.05, 3.63) is 68.2 Å². The predicted molar refractivity (Wildman–Crippen MR) is 105 cm³/mol. The molecular weight excluding hydrogens is 432 g/mol. The summed E-state index contributed by atoms with van der Waals surface area (Å²) >= 11 is 3.28. The van der Waals surface area contributed by atoms with E-state index in [1.807, 2.05) is 4.90 Å². The zero-order valence-corrected chi connectivity index (χ0v) is 16.4. The van der Waals surface area contributed by atoms with E-state index < -0.39 is 17.5 Å². The van der Waals surface area contributed by atoms with E-state index in [0.29, 0.717) is 42.0 Å². The lowest BCUT2D eigenvalue weighted by Crippen LogP contribution is -2.37. The molecule has 2 aromatic carbocycles. The molecule has 2 aromatic rings. The summed E-state index contributed by atoms with van der Waals surface area (Å²) in [6.07, 6.45) is 0. The molecule has 0 saturated carbocycles. The largest absolute Gasteiger partial charge is 0.454 e. The van der Waals surface area contributed by atoms with Gasteiger partial charge in [0.05, 0.1) is 29.4 Å². The van der Waals surface area contributed by atoms with Crippen LogP contribution in [0.1, 0.15) is 20.7 Å². The van der Waals surface area contributed by atoms with Gasteiger partial charge in [-0.3, -0.25) is 14.9 Å². The number of carbonyl (C=O) groups excluding carboxylic acids is 2. The number of hydrogen-bond donors (Lipinski definition) is 0. The summed E-state index contributed by atoms with van der Waals surface area (Å²) in [7, 11) is 0. The molecule has 3 rings (SSSR count). The molecule has 0 aliphatic carbocycles. The van der Waals surface area contributed by atoms with Crippen LogP contribution in [0.5, 0.6) is 0 Å². The lowest BCUT2D eigenvalue weighted by atomic mass is 10.1. The summed E-state index contributed by atoms with van der Waals surface area (Å²) in [4.78, 5) is 37.4. The van der Waals surface area contributed by atoms with E-state index >= 15 is 0 Å². The Morgan fingerprint density at radius 3 is 2.54 bits per heavy atom. The summed E-state index contributed by atoms with van der Waals surface area (Å²) in [6, 6.07) is 10.8. The number of nitrogens with zero attached hydrogens (tertiary/aromatic N) is 2. The summed E-state index contributed by atoms with van der Waals surface area (Å²) in [5.74, 6) is -1.16. The van der Waals surface area contributed by atoms with Crippen LogP contribution in [0, 0.1) is 10.1 Å². The number of halogens is 1. The summed E-state index contributed by atoms with van der Waals surface area (Å²) in [6.45, 7) is 1.62. The zero-order chi connectivity index (χ0) is 20.1. The Bertz CT molecular complexity index is 911. The highest BCUT2D eigenvalue weighted by Crippen LogP contribution is 2.27. The fourth-order valence-electron chi connectivity index (χ4n) is 2.86. The molecule has 146 valence electrons. The van der Waals surface area contributed by atoms with Gasteiger partial charge in [0.15, 0.2) is 6.61 Å². The maximum atomic E-state index is 12.6. The van der Waals surface area contributed by atoms with Gasteiger partial charge in [-0.25, -0.2) is 4.79 Å². The van der Waals surface area contributed by atoms with Gasteiger partial charge in [-0.05, 0) is 12.1 Å². The molecule has 8 nitrogen and oxygen atoms in total. The lowest BCUT2D eigenvalue weighted by molar-refractivity contribution is -0.384. The van der Waals surface area contributed by atoms with E-state index in [9.17, 15) is 19.7 Å². The lowest BCUT2D eigenvalue weighted by Gasteiger charge is -2.30. The normalized spacial score (nSPS) is 13.8. The third-order valence-corrected chi connectivity index (χ3v) is 4.96. The number of nitro groups is 1. The van der Waals surface area contributed by atoms with Crippen molar-refractivity contribution in [1.82, 2.24) is 0 Å². The molecule has 0 amide bonds. The number of rotatable bonds is 6. The minimum atomic E-state index is -0.786. The predicted octanol–water partition coefficient (Wildman–Crippen LogP) is 3.23. The van der Waals surface area contributed by atoms with E-state index in [1.54, 1.807) is 24.3 Å². The first-order chi connectivity index (χ1) is 13.5. The van der Waals surface area contributed by atoms with Gasteiger partial charge in [0.25, 0.3) is 5.69 Å². The van der Waals surface area contributed by atoms with E-state index in [2.05, 4.69) is 15.9 Å². The van der Waals surface area contributed by atoms with Gasteiger partial charge in [-0.15, -0.1) is 0 Å². The minimum absolute atomic E-state index is 0.0519. The Hall–Kier alpha value is -2.78. The smallest absolute Gasteiger partial charge is 0.340 e. The van der Waals surface area contributed by atoms with Crippen LogP contribution >= 0.6 is 15.9 Å². The van der Waals surface area contributed by atoms with Crippen molar-refractivity contribution >= 4 is 39.1 Å². The molecule has 28 heavy (non-hydrogen) atoms. The third kappa shape index (κ3) is 4.55. The molecule has 1 aliphatic rings. The zero-order valence-electron chi connectivity index (χ0n) is 14.8. The monoisotopic (exact) mass is 448 g/mol. The number of morpholine rings is 1. The maximum Gasteiger partial charge on any atom is 0.340 e. The van der Waals surface area contributed by atoms with Gasteiger partial charge in [0, 0.05) is 35.3 Å². The SMILES string of the molecule is O=C(COC(=O)c1cc([N+](=O)[O-])ccc1N1CCOCC1)c1ccccc1Br. The second-order valence-corrected chi connectivity index (χ2v) is 6.89. The molecule has 1 saturated heterocycles. The van der Waals surface area contributed by atoms with Crippen molar-refractivity contribution in [3.8, 4) is 0 Å². The molecule has 0 atom stereocenters. The second kappa shape index (κ2) is 8.94. The second-order valence-electron chi connectivity index (χ2n) is 6.04. The van der Waals surface area contributed by atoms with Gasteiger partial charge in [0.2, 0.25) is 5.78 Å². The van der Waals surface area contributed by atoms with Crippen molar-refractivity contribution in [2.45, 2.75) is 0 Å². The van der Waals surface area contributed by atoms with Gasteiger partial charge in [-0.1, -0.05) is 34.1 Å². The topological polar surface area (TPSA) is 99.0 Å². The number of benzene rings is 2. The average Bonchev–Trinajstić information content (AvgIpc) is 2.72. The first-order valence-corrected chi connectivity index (χ1v) is 9.32. The van der Waals surface area contributed by atoms with E-state index in [0.717, 1.165) is 0 Å². The Morgan fingerprint density at radius 1 is 1.14 bits per heavy atom. The van der Waals surface area contributed by atoms with Crippen LogP contribution in [0.15, 0.2) is 46.9 Å². The molecule has 0 bridgehead atoms. The fraction of sp³-hybridized carbons (Fsp3) is 0.263. The number of esters is 1. The van der Waals surface area contributed by atoms with Crippen LogP contribution in [0.3, 0.4) is 0 Å². The number of anilines is 1. The van der Waals surface area contributed by atoms with Crippen molar-refractivity contribution in [1.29, 1.82) is 0 Å². The summed E-state index contributed by atoms with van der Waals surface area (Å²) in [5.41, 5.74) is 0.743. The van der Waals surface area contributed by atoms with Crippen LogP contribution < -0.4 is 4.90 Å². The van der Waals surface area contributed by atoms with Crippen molar-refractivity contribution in [3.63, 3.8) is 0 Å². The summed E-state index contributed by atoms with van der Waals surface area (Å²) < 4.78 is 11.1. The molecule has 1 fully saturated rings. The van der Waals surface area contributed by atoms with E-state index in [4.69, 9.17) is 9.47 Å². The highest BCUT2D eigenvalue weighted by atomic mass is 79.9. The molecular formula is C19H17BrN2O6. The van der Waals surface area contributed by atoms with Crippen LogP contribution in [-0.2, 0) is 9.47 Å². The molecule has 1 heterocycles. The van der Waals surface area contributed by atoms with Crippen LogP contribution in [0.2, 0.25) is 0 Å². The van der Waals surface area contributed by atoms with E-state index in [1.165, 1.54) is 18.2 Å². The number of carbonyl (C=O) groups is 2.